The molecule has 0 unspecified atom stereocenters. The summed E-state index contributed by atoms with van der Waals surface area (Å²) in [4.78, 5) is 13.3. The van der Waals surface area contributed by atoms with Gasteiger partial charge in [-0.25, -0.2) is 4.79 Å². The number of hydrogen-bond acceptors (Lipinski definition) is 3. The standard InChI is InChI=1S/C19H23NO3/c1-14-8-10-16(11-9-14)15(2)20(3)12-13-23-18-7-5-4-6-17(18)19(21)22/h4-11,15H,12-13H2,1-3H3,(H,21,22)/t15-/m1/s1. The van der Waals surface area contributed by atoms with Gasteiger partial charge in [0.1, 0.15) is 17.9 Å². The van der Waals surface area contributed by atoms with Crippen LogP contribution < -0.4 is 4.74 Å². The Kier molecular flexibility index (Phi) is 5.77. The van der Waals surface area contributed by atoms with Crippen LogP contribution in [0.4, 0.5) is 0 Å². The first-order chi connectivity index (χ1) is 11.0. The summed E-state index contributed by atoms with van der Waals surface area (Å²) >= 11 is 0. The van der Waals surface area contributed by atoms with Crippen LogP contribution in [0.2, 0.25) is 0 Å². The van der Waals surface area contributed by atoms with E-state index in [1.54, 1.807) is 24.3 Å². The van der Waals surface area contributed by atoms with Gasteiger partial charge in [0, 0.05) is 12.6 Å². The molecule has 122 valence electrons. The van der Waals surface area contributed by atoms with Crippen LogP contribution in [-0.2, 0) is 0 Å². The largest absolute Gasteiger partial charge is 0.491 e. The summed E-state index contributed by atoms with van der Waals surface area (Å²) in [5, 5.41) is 9.14. The lowest BCUT2D eigenvalue weighted by atomic mass is 10.1. The molecule has 4 nitrogen and oxygen atoms in total. The molecule has 0 saturated heterocycles. The number of para-hydroxylation sites is 1. The fraction of sp³-hybridized carbons (Fsp3) is 0.316. The zero-order valence-electron chi connectivity index (χ0n) is 13.8. The molecule has 0 fully saturated rings. The average Bonchev–Trinajstić information content (AvgIpc) is 2.55. The Morgan fingerprint density at radius 3 is 2.48 bits per heavy atom. The molecule has 0 amide bonds. The quantitative estimate of drug-likeness (QED) is 0.845. The summed E-state index contributed by atoms with van der Waals surface area (Å²) in [5.41, 5.74) is 2.70. The molecule has 0 heterocycles. The normalized spacial score (nSPS) is 12.2. The van der Waals surface area contributed by atoms with Gasteiger partial charge in [-0.05, 0) is 38.6 Å². The van der Waals surface area contributed by atoms with Crippen LogP contribution in [0.5, 0.6) is 5.75 Å². The molecule has 0 aliphatic carbocycles. The van der Waals surface area contributed by atoms with Gasteiger partial charge < -0.3 is 9.84 Å². The summed E-state index contributed by atoms with van der Waals surface area (Å²) in [6.07, 6.45) is 0. The first-order valence-electron chi connectivity index (χ1n) is 7.71. The number of carboxylic acid groups (broad SMARTS) is 1. The van der Waals surface area contributed by atoms with Crippen molar-refractivity contribution in [1.29, 1.82) is 0 Å². The molecular weight excluding hydrogens is 290 g/mol. The summed E-state index contributed by atoms with van der Waals surface area (Å²) in [6, 6.07) is 15.5. The highest BCUT2D eigenvalue weighted by atomic mass is 16.5. The Hall–Kier alpha value is -2.33. The van der Waals surface area contributed by atoms with Crippen LogP contribution in [0, 0.1) is 6.92 Å². The fourth-order valence-corrected chi connectivity index (χ4v) is 2.36. The van der Waals surface area contributed by atoms with Gasteiger partial charge in [0.25, 0.3) is 0 Å². The highest BCUT2D eigenvalue weighted by Crippen LogP contribution is 2.20. The van der Waals surface area contributed by atoms with E-state index in [1.165, 1.54) is 11.1 Å². The van der Waals surface area contributed by atoms with Gasteiger partial charge in [-0.3, -0.25) is 4.90 Å². The third-order valence-corrected chi connectivity index (χ3v) is 4.04. The van der Waals surface area contributed by atoms with E-state index in [1.807, 2.05) is 7.05 Å². The van der Waals surface area contributed by atoms with Gasteiger partial charge in [-0.2, -0.15) is 0 Å². The summed E-state index contributed by atoms with van der Waals surface area (Å²) < 4.78 is 5.65. The number of likely N-dealkylation sites (N-methyl/N-ethyl adjacent to an activating group) is 1. The van der Waals surface area contributed by atoms with E-state index in [0.29, 0.717) is 18.9 Å². The molecule has 2 rings (SSSR count). The molecule has 4 heteroatoms. The van der Waals surface area contributed by atoms with Gasteiger partial charge in [0.05, 0.1) is 0 Å². The number of benzene rings is 2. The number of aromatic carboxylic acids is 1. The maximum absolute atomic E-state index is 11.1. The second kappa shape index (κ2) is 7.79. The smallest absolute Gasteiger partial charge is 0.339 e. The summed E-state index contributed by atoms with van der Waals surface area (Å²) in [7, 11) is 2.04. The molecule has 1 N–H and O–H groups in total. The molecule has 0 aliphatic rings. The lowest BCUT2D eigenvalue weighted by molar-refractivity contribution is 0.0691. The van der Waals surface area contributed by atoms with Crippen molar-refractivity contribution in [2.75, 3.05) is 20.2 Å². The Morgan fingerprint density at radius 2 is 1.83 bits per heavy atom. The van der Waals surface area contributed by atoms with Crippen molar-refractivity contribution in [2.45, 2.75) is 19.9 Å². The molecule has 23 heavy (non-hydrogen) atoms. The van der Waals surface area contributed by atoms with E-state index in [-0.39, 0.29) is 11.6 Å². The summed E-state index contributed by atoms with van der Waals surface area (Å²) in [5.74, 6) is -0.557. The second-order valence-corrected chi connectivity index (χ2v) is 5.72. The van der Waals surface area contributed by atoms with Gasteiger partial charge in [-0.15, -0.1) is 0 Å². The zero-order valence-corrected chi connectivity index (χ0v) is 13.8. The second-order valence-electron chi connectivity index (χ2n) is 5.72. The molecule has 0 spiro atoms. The minimum Gasteiger partial charge on any atom is -0.491 e. The minimum atomic E-state index is -0.970. The van der Waals surface area contributed by atoms with Crippen LogP contribution >= 0.6 is 0 Å². The van der Waals surface area contributed by atoms with Crippen molar-refractivity contribution in [2.24, 2.45) is 0 Å². The number of carbonyl (C=O) groups is 1. The Bertz CT molecular complexity index is 652. The fourth-order valence-electron chi connectivity index (χ4n) is 2.36. The number of ether oxygens (including phenoxy) is 1. The zero-order chi connectivity index (χ0) is 16.8. The van der Waals surface area contributed by atoms with Gasteiger partial charge in [0.15, 0.2) is 0 Å². The van der Waals surface area contributed by atoms with Gasteiger partial charge in [0.2, 0.25) is 0 Å². The highest BCUT2D eigenvalue weighted by Gasteiger charge is 2.13. The maximum atomic E-state index is 11.1. The molecule has 0 saturated carbocycles. The predicted molar refractivity (Wildman–Crippen MR) is 91.1 cm³/mol. The van der Waals surface area contributed by atoms with Crippen molar-refractivity contribution in [3.8, 4) is 5.75 Å². The number of aryl methyl sites for hydroxylation is 1. The SMILES string of the molecule is Cc1ccc([C@@H](C)N(C)CCOc2ccccc2C(=O)O)cc1. The van der Waals surface area contributed by atoms with Crippen molar-refractivity contribution < 1.29 is 14.6 Å². The molecule has 0 radical (unpaired) electrons. The first-order valence-corrected chi connectivity index (χ1v) is 7.71. The van der Waals surface area contributed by atoms with E-state index in [2.05, 4.69) is 43.0 Å². The lowest BCUT2D eigenvalue weighted by Crippen LogP contribution is -2.27. The first kappa shape index (κ1) is 17.0. The maximum Gasteiger partial charge on any atom is 0.339 e. The third-order valence-electron chi connectivity index (χ3n) is 4.04. The Labute approximate surface area is 137 Å². The van der Waals surface area contributed by atoms with Crippen molar-refractivity contribution >= 4 is 5.97 Å². The van der Waals surface area contributed by atoms with Crippen LogP contribution in [0.15, 0.2) is 48.5 Å². The molecule has 0 aromatic heterocycles. The molecular formula is C19H23NO3. The molecule has 2 aromatic carbocycles. The summed E-state index contributed by atoms with van der Waals surface area (Å²) in [6.45, 7) is 5.38. The van der Waals surface area contributed by atoms with Crippen molar-refractivity contribution in [1.82, 2.24) is 4.90 Å². The number of carboxylic acids is 1. The van der Waals surface area contributed by atoms with Crippen molar-refractivity contribution in [3.05, 3.63) is 65.2 Å². The Balaban J connectivity index is 1.91. The average molecular weight is 313 g/mol. The number of rotatable bonds is 7. The molecule has 1 atom stereocenters. The molecule has 2 aromatic rings. The van der Waals surface area contributed by atoms with Crippen LogP contribution in [0.1, 0.15) is 34.5 Å². The third kappa shape index (κ3) is 4.57. The van der Waals surface area contributed by atoms with E-state index < -0.39 is 5.97 Å². The van der Waals surface area contributed by atoms with E-state index in [9.17, 15) is 4.79 Å². The van der Waals surface area contributed by atoms with E-state index in [0.717, 1.165) is 0 Å². The van der Waals surface area contributed by atoms with Crippen LogP contribution in [0.25, 0.3) is 0 Å². The monoisotopic (exact) mass is 313 g/mol. The minimum absolute atomic E-state index is 0.196. The Morgan fingerprint density at radius 1 is 1.17 bits per heavy atom. The lowest BCUT2D eigenvalue weighted by Gasteiger charge is -2.25. The van der Waals surface area contributed by atoms with E-state index in [4.69, 9.17) is 9.84 Å². The highest BCUT2D eigenvalue weighted by molar-refractivity contribution is 5.90. The number of nitrogens with zero attached hydrogens (tertiary/aromatic N) is 1. The van der Waals surface area contributed by atoms with Gasteiger partial charge >= 0.3 is 5.97 Å². The number of hydrogen-bond donors (Lipinski definition) is 1. The van der Waals surface area contributed by atoms with Crippen molar-refractivity contribution in [3.63, 3.8) is 0 Å². The molecule has 0 bridgehead atoms. The predicted octanol–water partition coefficient (Wildman–Crippen LogP) is 3.77. The van der Waals surface area contributed by atoms with Gasteiger partial charge in [-0.1, -0.05) is 42.0 Å². The van der Waals surface area contributed by atoms with Crippen LogP contribution in [-0.4, -0.2) is 36.2 Å². The molecule has 0 aliphatic heterocycles. The topological polar surface area (TPSA) is 49.8 Å². The van der Waals surface area contributed by atoms with E-state index >= 15 is 0 Å². The van der Waals surface area contributed by atoms with Crippen LogP contribution in [0.3, 0.4) is 0 Å².